The highest BCUT2D eigenvalue weighted by Gasteiger charge is 2.22. The zero-order valence-electron chi connectivity index (χ0n) is 16.2. The van der Waals surface area contributed by atoms with E-state index in [9.17, 15) is 4.79 Å². The first-order chi connectivity index (χ1) is 13.8. The highest BCUT2D eigenvalue weighted by atomic mass is 16.5. The smallest absolute Gasteiger partial charge is 0.338 e. The Hall–Kier alpha value is -3.13. The fourth-order valence-corrected chi connectivity index (χ4v) is 3.80. The molecule has 0 N–H and O–H groups in total. The molecule has 2 aromatic rings. The quantitative estimate of drug-likeness (QED) is 0.571. The van der Waals surface area contributed by atoms with Gasteiger partial charge in [0.05, 0.1) is 12.2 Å². The highest BCUT2D eigenvalue weighted by Crippen LogP contribution is 2.39. The van der Waals surface area contributed by atoms with E-state index in [-0.39, 0.29) is 5.97 Å². The number of esters is 1. The van der Waals surface area contributed by atoms with Gasteiger partial charge in [-0.25, -0.2) is 4.79 Å². The van der Waals surface area contributed by atoms with Crippen molar-refractivity contribution in [3.63, 3.8) is 0 Å². The lowest BCUT2D eigenvalue weighted by Gasteiger charge is -2.18. The minimum Gasteiger partial charge on any atom is -0.462 e. The topological polar surface area (TPSA) is 26.3 Å². The third kappa shape index (κ3) is 3.50. The second-order valence-corrected chi connectivity index (χ2v) is 7.03. The lowest BCUT2D eigenvalue weighted by Crippen LogP contribution is -2.10. The number of allylic oxidation sites excluding steroid dienone is 10. The Morgan fingerprint density at radius 3 is 2.71 bits per heavy atom. The van der Waals surface area contributed by atoms with Gasteiger partial charge in [0.25, 0.3) is 0 Å². The molecule has 0 aliphatic heterocycles. The first kappa shape index (κ1) is 18.2. The first-order valence-electron chi connectivity index (χ1n) is 9.92. The largest absolute Gasteiger partial charge is 0.462 e. The van der Waals surface area contributed by atoms with Crippen molar-refractivity contribution in [2.45, 2.75) is 26.2 Å². The summed E-state index contributed by atoms with van der Waals surface area (Å²) in [5.41, 5.74) is 5.14. The molecule has 0 aromatic heterocycles. The number of carbonyl (C=O) groups excluding carboxylic acids is 1. The lowest BCUT2D eigenvalue weighted by atomic mass is 9.86. The van der Waals surface area contributed by atoms with Crippen LogP contribution in [0.3, 0.4) is 0 Å². The van der Waals surface area contributed by atoms with E-state index in [0.717, 1.165) is 41.2 Å². The molecule has 2 nitrogen and oxygen atoms in total. The summed E-state index contributed by atoms with van der Waals surface area (Å²) in [5, 5.41) is 2.19. The van der Waals surface area contributed by atoms with E-state index in [1.807, 2.05) is 31.2 Å². The van der Waals surface area contributed by atoms with Crippen LogP contribution in [-0.4, -0.2) is 12.6 Å². The molecular formula is C26H24O2. The van der Waals surface area contributed by atoms with E-state index in [1.165, 1.54) is 11.1 Å². The molecule has 2 aliphatic carbocycles. The Bertz CT molecular complexity index is 1060. The zero-order chi connectivity index (χ0) is 19.3. The normalized spacial score (nSPS) is 15.8. The molecule has 0 unspecified atom stereocenters. The lowest BCUT2D eigenvalue weighted by molar-refractivity contribution is 0.0505. The van der Waals surface area contributed by atoms with Gasteiger partial charge >= 0.3 is 5.97 Å². The third-order valence-corrected chi connectivity index (χ3v) is 5.13. The van der Waals surface area contributed by atoms with Crippen molar-refractivity contribution in [2.75, 3.05) is 6.61 Å². The molecule has 0 radical (unpaired) electrons. The van der Waals surface area contributed by atoms with Gasteiger partial charge in [0, 0.05) is 5.56 Å². The maximum atomic E-state index is 12.9. The third-order valence-electron chi connectivity index (χ3n) is 5.13. The van der Waals surface area contributed by atoms with Gasteiger partial charge in [-0.3, -0.25) is 0 Å². The summed E-state index contributed by atoms with van der Waals surface area (Å²) < 4.78 is 5.52. The van der Waals surface area contributed by atoms with E-state index < -0.39 is 0 Å². The van der Waals surface area contributed by atoms with Crippen LogP contribution < -0.4 is 0 Å². The highest BCUT2D eigenvalue weighted by molar-refractivity contribution is 6.08. The van der Waals surface area contributed by atoms with Crippen molar-refractivity contribution in [1.82, 2.24) is 0 Å². The molecule has 0 saturated heterocycles. The average molecular weight is 368 g/mol. The van der Waals surface area contributed by atoms with Crippen LogP contribution in [0.25, 0.3) is 16.3 Å². The number of rotatable bonds is 4. The summed E-state index contributed by atoms with van der Waals surface area (Å²) in [5.74, 6) is -0.257. The molecule has 0 bridgehead atoms. The van der Waals surface area contributed by atoms with Gasteiger partial charge in [0.15, 0.2) is 0 Å². The Morgan fingerprint density at radius 1 is 1.00 bits per heavy atom. The second kappa shape index (κ2) is 8.26. The van der Waals surface area contributed by atoms with Crippen LogP contribution in [0.15, 0.2) is 90.1 Å². The van der Waals surface area contributed by atoms with Crippen molar-refractivity contribution in [3.8, 4) is 0 Å². The molecule has 0 saturated carbocycles. The Balaban J connectivity index is 1.96. The van der Waals surface area contributed by atoms with Crippen LogP contribution in [-0.2, 0) is 4.74 Å². The van der Waals surface area contributed by atoms with Gasteiger partial charge in [-0.15, -0.1) is 0 Å². The summed E-state index contributed by atoms with van der Waals surface area (Å²) in [4.78, 5) is 12.9. The van der Waals surface area contributed by atoms with Crippen LogP contribution >= 0.6 is 0 Å². The van der Waals surface area contributed by atoms with Gasteiger partial charge in [-0.05, 0) is 52.8 Å². The van der Waals surface area contributed by atoms with Crippen molar-refractivity contribution in [2.24, 2.45) is 0 Å². The van der Waals surface area contributed by atoms with Gasteiger partial charge in [0.1, 0.15) is 0 Å². The summed E-state index contributed by atoms with van der Waals surface area (Å²) >= 11 is 0. The standard InChI is InChI=1S/C26H24O2/c1-2-18-28-26(27)24-17-16-20-12-6-8-14-22(20)25(24)23-15-9-7-11-19-10-4-3-5-13-21(19)23/h3,5-10,12-17H,2,4,11,18H2,1H3. The molecule has 28 heavy (non-hydrogen) atoms. The fraction of sp³-hybridized carbons (Fsp3) is 0.192. The molecule has 2 heteroatoms. The molecule has 0 amide bonds. The number of benzene rings is 2. The monoisotopic (exact) mass is 368 g/mol. The molecule has 4 rings (SSSR count). The van der Waals surface area contributed by atoms with Crippen LogP contribution in [0.1, 0.15) is 42.1 Å². The number of hydrogen-bond acceptors (Lipinski definition) is 2. The predicted molar refractivity (Wildman–Crippen MR) is 116 cm³/mol. The predicted octanol–water partition coefficient (Wildman–Crippen LogP) is 6.56. The van der Waals surface area contributed by atoms with Crippen molar-refractivity contribution in [1.29, 1.82) is 0 Å². The van der Waals surface area contributed by atoms with Gasteiger partial charge < -0.3 is 4.74 Å². The zero-order valence-corrected chi connectivity index (χ0v) is 16.2. The number of fused-ring (bicyclic) bond motifs is 2. The molecule has 2 aromatic carbocycles. The fourth-order valence-electron chi connectivity index (χ4n) is 3.80. The number of carbonyl (C=O) groups is 1. The molecule has 0 fully saturated rings. The maximum Gasteiger partial charge on any atom is 0.338 e. The van der Waals surface area contributed by atoms with Crippen LogP contribution in [0.2, 0.25) is 0 Å². The average Bonchev–Trinajstić information content (AvgIpc) is 3.07. The van der Waals surface area contributed by atoms with E-state index in [4.69, 9.17) is 4.74 Å². The molecule has 140 valence electrons. The summed E-state index contributed by atoms with van der Waals surface area (Å²) in [7, 11) is 0. The minimum atomic E-state index is -0.257. The van der Waals surface area contributed by atoms with E-state index in [2.05, 4.69) is 54.7 Å². The second-order valence-electron chi connectivity index (χ2n) is 7.03. The van der Waals surface area contributed by atoms with Gasteiger partial charge in [-0.1, -0.05) is 79.8 Å². The maximum absolute atomic E-state index is 12.9. The van der Waals surface area contributed by atoms with Crippen molar-refractivity contribution in [3.05, 3.63) is 101 Å². The molecule has 2 aliphatic rings. The van der Waals surface area contributed by atoms with E-state index in [1.54, 1.807) is 0 Å². The van der Waals surface area contributed by atoms with Crippen LogP contribution in [0.4, 0.5) is 0 Å². The minimum absolute atomic E-state index is 0.257. The molecule has 0 heterocycles. The Morgan fingerprint density at radius 2 is 1.82 bits per heavy atom. The van der Waals surface area contributed by atoms with E-state index in [0.29, 0.717) is 12.2 Å². The number of hydrogen-bond donors (Lipinski definition) is 0. The van der Waals surface area contributed by atoms with Crippen molar-refractivity contribution >= 4 is 22.3 Å². The summed E-state index contributed by atoms with van der Waals surface area (Å²) in [6.07, 6.45) is 17.8. The van der Waals surface area contributed by atoms with Crippen molar-refractivity contribution < 1.29 is 9.53 Å². The molecule has 0 spiro atoms. The van der Waals surface area contributed by atoms with Gasteiger partial charge in [-0.2, -0.15) is 0 Å². The Kier molecular flexibility index (Phi) is 5.38. The first-order valence-corrected chi connectivity index (χ1v) is 9.92. The Labute approximate surface area is 166 Å². The van der Waals surface area contributed by atoms with E-state index >= 15 is 0 Å². The van der Waals surface area contributed by atoms with Crippen LogP contribution in [0, 0.1) is 0 Å². The van der Waals surface area contributed by atoms with Crippen LogP contribution in [0.5, 0.6) is 0 Å². The molecular weight excluding hydrogens is 344 g/mol. The molecule has 0 atom stereocenters. The number of ether oxygens (including phenoxy) is 1. The van der Waals surface area contributed by atoms with Gasteiger partial charge in [0.2, 0.25) is 0 Å². The summed E-state index contributed by atoms with van der Waals surface area (Å²) in [6.45, 7) is 2.44. The summed E-state index contributed by atoms with van der Waals surface area (Å²) in [6, 6.07) is 12.1. The SMILES string of the molecule is CCCOC(=O)c1ccc2ccccc2c1C1=CC=CCC2=CCC=CC=C21.